The molecule has 0 unspecified atom stereocenters. The first-order valence-electron chi connectivity index (χ1n) is 11.2. The van der Waals surface area contributed by atoms with Crippen LogP contribution in [0.15, 0.2) is 60.9 Å². The highest BCUT2D eigenvalue weighted by molar-refractivity contribution is 5.91. The SMILES string of the molecule is CC(C)(NC(=O)COc1ccccc1)C(=O)N1CCOC[C@H](Cc2cccn3nccc23)C1. The number of rotatable bonds is 7. The Bertz CT molecular complexity index is 1100. The lowest BCUT2D eigenvalue weighted by molar-refractivity contribution is -0.141. The highest BCUT2D eigenvalue weighted by atomic mass is 16.5. The van der Waals surface area contributed by atoms with E-state index in [1.54, 1.807) is 37.1 Å². The van der Waals surface area contributed by atoms with E-state index < -0.39 is 5.54 Å². The van der Waals surface area contributed by atoms with Gasteiger partial charge in [0.2, 0.25) is 5.91 Å². The molecule has 1 aromatic carbocycles. The van der Waals surface area contributed by atoms with Gasteiger partial charge in [-0.1, -0.05) is 24.3 Å². The second-order valence-corrected chi connectivity index (χ2v) is 8.87. The predicted molar refractivity (Wildman–Crippen MR) is 124 cm³/mol. The molecule has 4 rings (SSSR count). The Kier molecular flexibility index (Phi) is 6.93. The van der Waals surface area contributed by atoms with Crippen molar-refractivity contribution >= 4 is 17.3 Å². The molecule has 1 N–H and O–H groups in total. The number of ether oxygens (including phenoxy) is 2. The molecule has 3 aromatic rings. The second-order valence-electron chi connectivity index (χ2n) is 8.87. The summed E-state index contributed by atoms with van der Waals surface area (Å²) in [5.41, 5.74) is 1.17. The van der Waals surface area contributed by atoms with E-state index in [9.17, 15) is 9.59 Å². The summed E-state index contributed by atoms with van der Waals surface area (Å²) in [7, 11) is 0. The molecule has 0 bridgehead atoms. The molecule has 8 heteroatoms. The van der Waals surface area contributed by atoms with Gasteiger partial charge in [0.25, 0.3) is 5.91 Å². The van der Waals surface area contributed by atoms with Gasteiger partial charge in [0.1, 0.15) is 11.3 Å². The second kappa shape index (κ2) is 10.0. The molecule has 1 atom stereocenters. The largest absolute Gasteiger partial charge is 0.484 e. The third-order valence-corrected chi connectivity index (χ3v) is 5.76. The van der Waals surface area contributed by atoms with Crippen molar-refractivity contribution in [2.45, 2.75) is 25.8 Å². The molecule has 1 aliphatic rings. The highest BCUT2D eigenvalue weighted by Gasteiger charge is 2.35. The first kappa shape index (κ1) is 22.8. The van der Waals surface area contributed by atoms with Gasteiger partial charge in [-0.15, -0.1) is 0 Å². The van der Waals surface area contributed by atoms with Crippen molar-refractivity contribution in [3.05, 3.63) is 66.5 Å². The Labute approximate surface area is 193 Å². The van der Waals surface area contributed by atoms with Crippen LogP contribution in [-0.4, -0.2) is 64.8 Å². The fourth-order valence-corrected chi connectivity index (χ4v) is 4.18. The smallest absolute Gasteiger partial charge is 0.258 e. The Balaban J connectivity index is 1.37. The van der Waals surface area contributed by atoms with Gasteiger partial charge in [0.15, 0.2) is 6.61 Å². The van der Waals surface area contributed by atoms with Crippen LogP contribution in [0.5, 0.6) is 5.75 Å². The number of nitrogens with zero attached hydrogens (tertiary/aromatic N) is 3. The van der Waals surface area contributed by atoms with Gasteiger partial charge in [-0.25, -0.2) is 4.52 Å². The number of benzene rings is 1. The standard InChI is InChI=1S/C25H30N4O4/c1-25(2,27-23(30)18-33-21-8-4-3-5-9-21)24(31)28-13-14-32-17-19(16-28)15-20-7-6-12-29-22(20)10-11-26-29/h3-12,19H,13-18H2,1-2H3,(H,27,30)/t19-/m1/s1. The Morgan fingerprint density at radius 1 is 1.18 bits per heavy atom. The Hall–Kier alpha value is -3.39. The van der Waals surface area contributed by atoms with Crippen LogP contribution >= 0.6 is 0 Å². The number of carbonyl (C=O) groups excluding carboxylic acids is 2. The lowest BCUT2D eigenvalue weighted by Gasteiger charge is -2.33. The summed E-state index contributed by atoms with van der Waals surface area (Å²) in [6, 6.07) is 15.2. The van der Waals surface area contributed by atoms with Crippen molar-refractivity contribution in [1.82, 2.24) is 19.8 Å². The molecule has 0 aliphatic carbocycles. The number of hydrogen-bond acceptors (Lipinski definition) is 5. The number of carbonyl (C=O) groups is 2. The molecule has 0 spiro atoms. The summed E-state index contributed by atoms with van der Waals surface area (Å²) >= 11 is 0. The molecule has 33 heavy (non-hydrogen) atoms. The zero-order valence-electron chi connectivity index (χ0n) is 19.1. The van der Waals surface area contributed by atoms with Crippen LogP contribution in [0.1, 0.15) is 19.4 Å². The van der Waals surface area contributed by atoms with Crippen LogP contribution in [0, 0.1) is 5.92 Å². The van der Waals surface area contributed by atoms with Crippen LogP contribution in [0.25, 0.3) is 5.52 Å². The lowest BCUT2D eigenvalue weighted by Crippen LogP contribution is -2.57. The molecule has 1 aliphatic heterocycles. The quantitative estimate of drug-likeness (QED) is 0.597. The van der Waals surface area contributed by atoms with Gasteiger partial charge in [0.05, 0.1) is 18.7 Å². The summed E-state index contributed by atoms with van der Waals surface area (Å²) in [6.45, 7) is 5.41. The molecule has 0 radical (unpaired) electrons. The molecule has 3 heterocycles. The maximum Gasteiger partial charge on any atom is 0.258 e. The monoisotopic (exact) mass is 450 g/mol. The fraction of sp³-hybridized carbons (Fsp3) is 0.400. The zero-order chi connectivity index (χ0) is 23.3. The van der Waals surface area contributed by atoms with Crippen LogP contribution in [0.3, 0.4) is 0 Å². The number of pyridine rings is 1. The number of para-hydroxylation sites is 1. The normalized spacial score (nSPS) is 16.9. The first-order chi connectivity index (χ1) is 15.9. The first-order valence-corrected chi connectivity index (χ1v) is 11.2. The molecular weight excluding hydrogens is 420 g/mol. The Morgan fingerprint density at radius 3 is 2.82 bits per heavy atom. The minimum atomic E-state index is -1.06. The Morgan fingerprint density at radius 2 is 2.00 bits per heavy atom. The average molecular weight is 451 g/mol. The summed E-state index contributed by atoms with van der Waals surface area (Å²) < 4.78 is 13.2. The molecule has 8 nitrogen and oxygen atoms in total. The van der Waals surface area contributed by atoms with E-state index in [1.165, 1.54) is 5.56 Å². The molecule has 1 fully saturated rings. The van der Waals surface area contributed by atoms with Crippen LogP contribution in [0.4, 0.5) is 0 Å². The average Bonchev–Trinajstić information content (AvgIpc) is 3.18. The third-order valence-electron chi connectivity index (χ3n) is 5.76. The molecule has 1 saturated heterocycles. The molecular formula is C25H30N4O4. The van der Waals surface area contributed by atoms with E-state index in [2.05, 4.69) is 16.5 Å². The number of hydrogen-bond donors (Lipinski definition) is 1. The van der Waals surface area contributed by atoms with Crippen molar-refractivity contribution < 1.29 is 19.1 Å². The van der Waals surface area contributed by atoms with Crippen LogP contribution in [-0.2, 0) is 20.7 Å². The molecule has 174 valence electrons. The fourth-order valence-electron chi connectivity index (χ4n) is 4.18. The predicted octanol–water partition coefficient (Wildman–Crippen LogP) is 2.33. The van der Waals surface area contributed by atoms with E-state index in [-0.39, 0.29) is 24.3 Å². The topological polar surface area (TPSA) is 85.2 Å². The minimum absolute atomic E-state index is 0.131. The lowest BCUT2D eigenvalue weighted by atomic mass is 9.97. The van der Waals surface area contributed by atoms with Crippen molar-refractivity contribution in [3.8, 4) is 5.75 Å². The van der Waals surface area contributed by atoms with E-state index >= 15 is 0 Å². The van der Waals surface area contributed by atoms with Gasteiger partial charge < -0.3 is 19.7 Å². The van der Waals surface area contributed by atoms with Crippen molar-refractivity contribution in [2.75, 3.05) is 32.9 Å². The summed E-state index contributed by atoms with van der Waals surface area (Å²) in [5, 5.41) is 7.12. The van der Waals surface area contributed by atoms with E-state index in [4.69, 9.17) is 9.47 Å². The zero-order valence-corrected chi connectivity index (χ0v) is 19.1. The minimum Gasteiger partial charge on any atom is -0.484 e. The van der Waals surface area contributed by atoms with E-state index in [0.717, 1.165) is 11.9 Å². The van der Waals surface area contributed by atoms with E-state index in [1.807, 2.05) is 41.0 Å². The summed E-state index contributed by atoms with van der Waals surface area (Å²) in [4.78, 5) is 27.6. The summed E-state index contributed by atoms with van der Waals surface area (Å²) in [5.74, 6) is 0.281. The molecule has 0 saturated carbocycles. The molecule has 2 aromatic heterocycles. The highest BCUT2D eigenvalue weighted by Crippen LogP contribution is 2.20. The van der Waals surface area contributed by atoms with Crippen molar-refractivity contribution in [3.63, 3.8) is 0 Å². The van der Waals surface area contributed by atoms with E-state index in [0.29, 0.717) is 32.1 Å². The van der Waals surface area contributed by atoms with Gasteiger partial charge >= 0.3 is 0 Å². The van der Waals surface area contributed by atoms with Crippen LogP contribution in [0.2, 0.25) is 0 Å². The summed E-state index contributed by atoms with van der Waals surface area (Å²) in [6.07, 6.45) is 4.48. The van der Waals surface area contributed by atoms with Gasteiger partial charge in [-0.2, -0.15) is 5.10 Å². The number of aromatic nitrogens is 2. The van der Waals surface area contributed by atoms with Crippen molar-refractivity contribution in [2.24, 2.45) is 5.92 Å². The van der Waals surface area contributed by atoms with Crippen molar-refractivity contribution in [1.29, 1.82) is 0 Å². The molecule has 2 amide bonds. The number of nitrogens with one attached hydrogen (secondary N) is 1. The maximum absolute atomic E-state index is 13.4. The number of fused-ring (bicyclic) bond motifs is 1. The van der Waals surface area contributed by atoms with Crippen LogP contribution < -0.4 is 10.1 Å². The van der Waals surface area contributed by atoms with Gasteiger partial charge in [0, 0.05) is 31.4 Å². The number of amides is 2. The third kappa shape index (κ3) is 5.70. The van der Waals surface area contributed by atoms with Gasteiger partial charge in [-0.05, 0) is 50.1 Å². The van der Waals surface area contributed by atoms with Gasteiger partial charge in [-0.3, -0.25) is 9.59 Å². The maximum atomic E-state index is 13.4.